The Hall–Kier alpha value is -1.40. The average molecular weight is 308 g/mol. The molecule has 3 rings (SSSR count). The lowest BCUT2D eigenvalue weighted by Gasteiger charge is -2.21. The summed E-state index contributed by atoms with van der Waals surface area (Å²) in [6.45, 7) is 3.86. The fourth-order valence-corrected chi connectivity index (χ4v) is 4.24. The van der Waals surface area contributed by atoms with Gasteiger partial charge >= 0.3 is 0 Å². The van der Waals surface area contributed by atoms with Crippen LogP contribution in [-0.2, 0) is 4.79 Å². The molecule has 1 aromatic heterocycles. The lowest BCUT2D eigenvalue weighted by Crippen LogP contribution is -2.29. The summed E-state index contributed by atoms with van der Waals surface area (Å²) in [5.74, 6) is -0.216. The van der Waals surface area contributed by atoms with E-state index in [9.17, 15) is 9.18 Å². The zero-order valence-corrected chi connectivity index (χ0v) is 12.7. The number of carbonyl (C=O) groups is 1. The van der Waals surface area contributed by atoms with Crippen LogP contribution in [0.5, 0.6) is 0 Å². The molecule has 104 valence electrons. The molecule has 0 unspecified atom stereocenters. The maximum Gasteiger partial charge on any atom is 0.242 e. The number of anilines is 1. The van der Waals surface area contributed by atoms with Crippen LogP contribution < -0.4 is 4.90 Å². The van der Waals surface area contributed by atoms with Gasteiger partial charge in [-0.3, -0.25) is 9.69 Å². The number of hydrogen-bond acceptors (Lipinski definition) is 4. The normalized spacial score (nSPS) is 22.6. The van der Waals surface area contributed by atoms with Crippen LogP contribution >= 0.6 is 23.1 Å². The number of thiazole rings is 1. The van der Waals surface area contributed by atoms with E-state index in [1.54, 1.807) is 35.0 Å². The number of benzene rings is 1. The van der Waals surface area contributed by atoms with Crippen molar-refractivity contribution in [2.24, 2.45) is 0 Å². The molecule has 1 aromatic carbocycles. The molecule has 0 saturated carbocycles. The summed E-state index contributed by atoms with van der Waals surface area (Å²) in [6.07, 6.45) is 1.77. The van der Waals surface area contributed by atoms with E-state index in [0.29, 0.717) is 5.13 Å². The van der Waals surface area contributed by atoms with Gasteiger partial charge in [0.15, 0.2) is 5.13 Å². The zero-order chi connectivity index (χ0) is 14.3. The molecule has 6 heteroatoms. The van der Waals surface area contributed by atoms with Gasteiger partial charge in [0, 0.05) is 11.1 Å². The molecule has 0 bridgehead atoms. The summed E-state index contributed by atoms with van der Waals surface area (Å²) in [4.78, 5) is 19.5. The number of hydrogen-bond donors (Lipinski definition) is 0. The SMILES string of the molecule is Cc1cnc(N2C(=O)[C@@H](C)S[C@H]2c2ccc(F)cc2)s1. The van der Waals surface area contributed by atoms with E-state index in [1.807, 2.05) is 13.8 Å². The van der Waals surface area contributed by atoms with Crippen LogP contribution in [0.15, 0.2) is 30.5 Å². The summed E-state index contributed by atoms with van der Waals surface area (Å²) in [5, 5.41) is 0.455. The highest BCUT2D eigenvalue weighted by Gasteiger charge is 2.40. The monoisotopic (exact) mass is 308 g/mol. The van der Waals surface area contributed by atoms with Crippen LogP contribution in [0.4, 0.5) is 9.52 Å². The van der Waals surface area contributed by atoms with Gasteiger partial charge in [0.05, 0.1) is 5.25 Å². The second-order valence-electron chi connectivity index (χ2n) is 4.64. The minimum atomic E-state index is -0.271. The van der Waals surface area contributed by atoms with Gasteiger partial charge in [-0.05, 0) is 31.5 Å². The summed E-state index contributed by atoms with van der Waals surface area (Å²) in [6, 6.07) is 6.31. The van der Waals surface area contributed by atoms with Crippen LogP contribution in [0.3, 0.4) is 0 Å². The van der Waals surface area contributed by atoms with Gasteiger partial charge in [0.1, 0.15) is 11.2 Å². The molecule has 1 aliphatic heterocycles. The average Bonchev–Trinajstić information content (AvgIpc) is 2.96. The maximum absolute atomic E-state index is 13.1. The summed E-state index contributed by atoms with van der Waals surface area (Å²) >= 11 is 3.06. The lowest BCUT2D eigenvalue weighted by molar-refractivity contribution is -0.117. The third-order valence-corrected chi connectivity index (χ3v) is 5.39. The quantitative estimate of drug-likeness (QED) is 0.847. The van der Waals surface area contributed by atoms with Crippen molar-refractivity contribution in [1.29, 1.82) is 0 Å². The van der Waals surface area contributed by atoms with E-state index in [-0.39, 0.29) is 22.3 Å². The Kier molecular flexibility index (Phi) is 3.52. The van der Waals surface area contributed by atoms with Crippen molar-refractivity contribution in [2.45, 2.75) is 24.5 Å². The second-order valence-corrected chi connectivity index (χ2v) is 7.28. The number of nitrogens with zero attached hydrogens (tertiary/aromatic N) is 2. The molecule has 2 heterocycles. The van der Waals surface area contributed by atoms with E-state index in [1.165, 1.54) is 23.5 Å². The highest BCUT2D eigenvalue weighted by atomic mass is 32.2. The van der Waals surface area contributed by atoms with E-state index in [2.05, 4.69) is 4.98 Å². The molecule has 1 saturated heterocycles. The topological polar surface area (TPSA) is 33.2 Å². The van der Waals surface area contributed by atoms with Crippen molar-refractivity contribution in [3.05, 3.63) is 46.7 Å². The fourth-order valence-electron chi connectivity index (χ4n) is 2.13. The van der Waals surface area contributed by atoms with Gasteiger partial charge in [-0.1, -0.05) is 12.1 Å². The first-order valence-corrected chi connectivity index (χ1v) is 7.98. The highest BCUT2D eigenvalue weighted by molar-refractivity contribution is 8.01. The largest absolute Gasteiger partial charge is 0.273 e. The van der Waals surface area contributed by atoms with Crippen LogP contribution in [-0.4, -0.2) is 16.1 Å². The summed E-state index contributed by atoms with van der Waals surface area (Å²) in [7, 11) is 0. The van der Waals surface area contributed by atoms with Gasteiger partial charge in [-0.2, -0.15) is 0 Å². The van der Waals surface area contributed by atoms with Gasteiger partial charge in [0.2, 0.25) is 5.91 Å². The Bertz CT molecular complexity index is 641. The standard InChI is InChI=1S/C14H13FN2OS2/c1-8-7-16-14(19-8)17-12(18)9(2)20-13(17)10-3-5-11(15)6-4-10/h3-7,9,13H,1-2H3/t9-,13+/m1/s1. The molecule has 1 fully saturated rings. The van der Waals surface area contributed by atoms with Gasteiger partial charge in [-0.15, -0.1) is 23.1 Å². The Morgan fingerprint density at radius 2 is 2.00 bits per heavy atom. The second kappa shape index (κ2) is 5.18. The Balaban J connectivity index is 2.00. The number of aromatic nitrogens is 1. The van der Waals surface area contributed by atoms with E-state index >= 15 is 0 Å². The minimum Gasteiger partial charge on any atom is -0.273 e. The molecule has 3 nitrogen and oxygen atoms in total. The predicted octanol–water partition coefficient (Wildman–Crippen LogP) is 3.76. The number of rotatable bonds is 2. The van der Waals surface area contributed by atoms with Crippen molar-refractivity contribution in [2.75, 3.05) is 4.90 Å². The molecule has 0 spiro atoms. The molecule has 1 aliphatic rings. The van der Waals surface area contributed by atoms with Gasteiger partial charge in [0.25, 0.3) is 0 Å². The fraction of sp³-hybridized carbons (Fsp3) is 0.286. The molecule has 0 aliphatic carbocycles. The number of aryl methyl sites for hydroxylation is 1. The van der Waals surface area contributed by atoms with Gasteiger partial charge < -0.3 is 0 Å². The van der Waals surface area contributed by atoms with Crippen molar-refractivity contribution in [3.8, 4) is 0 Å². The van der Waals surface area contributed by atoms with Crippen LogP contribution in [0.1, 0.15) is 22.7 Å². The number of amides is 1. The van der Waals surface area contributed by atoms with E-state index < -0.39 is 0 Å². The smallest absolute Gasteiger partial charge is 0.242 e. The first-order valence-electron chi connectivity index (χ1n) is 6.22. The lowest BCUT2D eigenvalue weighted by atomic mass is 10.2. The van der Waals surface area contributed by atoms with E-state index in [4.69, 9.17) is 0 Å². The number of thioether (sulfide) groups is 1. The zero-order valence-electron chi connectivity index (χ0n) is 11.0. The van der Waals surface area contributed by atoms with Crippen molar-refractivity contribution in [1.82, 2.24) is 4.98 Å². The number of carbonyl (C=O) groups excluding carboxylic acids is 1. The molecule has 2 aromatic rings. The number of halogens is 1. The first-order chi connectivity index (χ1) is 9.56. The van der Waals surface area contributed by atoms with Crippen molar-refractivity contribution in [3.63, 3.8) is 0 Å². The van der Waals surface area contributed by atoms with E-state index in [0.717, 1.165) is 10.4 Å². The summed E-state index contributed by atoms with van der Waals surface area (Å²) in [5.41, 5.74) is 0.918. The molecule has 1 amide bonds. The molecule has 2 atom stereocenters. The molecule has 20 heavy (non-hydrogen) atoms. The first kappa shape index (κ1) is 13.6. The van der Waals surface area contributed by atoms with Crippen LogP contribution in [0.2, 0.25) is 0 Å². The Labute approximate surface area is 124 Å². The Morgan fingerprint density at radius 3 is 2.60 bits per heavy atom. The van der Waals surface area contributed by atoms with Crippen molar-refractivity contribution >= 4 is 34.1 Å². The van der Waals surface area contributed by atoms with Crippen molar-refractivity contribution < 1.29 is 9.18 Å². The molecule has 0 N–H and O–H groups in total. The predicted molar refractivity (Wildman–Crippen MR) is 80.5 cm³/mol. The molecule has 0 radical (unpaired) electrons. The third kappa shape index (κ3) is 2.33. The molecular weight excluding hydrogens is 295 g/mol. The van der Waals surface area contributed by atoms with Gasteiger partial charge in [-0.25, -0.2) is 9.37 Å². The van der Waals surface area contributed by atoms with Crippen LogP contribution in [0.25, 0.3) is 0 Å². The van der Waals surface area contributed by atoms with Crippen LogP contribution in [0, 0.1) is 12.7 Å². The molecular formula is C14H13FN2OS2. The minimum absolute atomic E-state index is 0.0543. The maximum atomic E-state index is 13.1. The summed E-state index contributed by atoms with van der Waals surface area (Å²) < 4.78 is 13.1. The Morgan fingerprint density at radius 1 is 1.30 bits per heavy atom. The third-order valence-electron chi connectivity index (χ3n) is 3.12. The highest BCUT2D eigenvalue weighted by Crippen LogP contribution is 2.46.